The Hall–Kier alpha value is -2.63. The molecular weight excluding hydrogens is 460 g/mol. The number of benzene rings is 2. The van der Waals surface area contributed by atoms with E-state index in [1.807, 2.05) is 37.3 Å². The Bertz CT molecular complexity index is 1040. The van der Waals surface area contributed by atoms with E-state index in [0.717, 1.165) is 57.3 Å². The summed E-state index contributed by atoms with van der Waals surface area (Å²) in [7, 11) is 0. The van der Waals surface area contributed by atoms with Gasteiger partial charge in [0.15, 0.2) is 0 Å². The summed E-state index contributed by atoms with van der Waals surface area (Å²) in [5.74, 6) is -1.41. The molecule has 1 aliphatic heterocycles. The Kier molecular flexibility index (Phi) is 9.93. The van der Waals surface area contributed by atoms with Gasteiger partial charge < -0.3 is 14.9 Å². The van der Waals surface area contributed by atoms with Crippen LogP contribution >= 0.6 is 11.6 Å². The SMILES string of the molecule is CCCCN(CCCC)CCCN1C(=O)C(=O)/C(=C(\O)c2ccc(C)cc2)C1c1ccccc1Cl. The summed E-state index contributed by atoms with van der Waals surface area (Å²) in [6.45, 7) is 9.68. The van der Waals surface area contributed by atoms with E-state index in [4.69, 9.17) is 11.6 Å². The Morgan fingerprint density at radius 1 is 0.943 bits per heavy atom. The lowest BCUT2D eigenvalue weighted by Gasteiger charge is -2.28. The van der Waals surface area contributed by atoms with Crippen LogP contribution in [0.5, 0.6) is 0 Å². The molecule has 0 saturated carbocycles. The van der Waals surface area contributed by atoms with Gasteiger partial charge in [0.05, 0.1) is 11.6 Å². The maximum atomic E-state index is 13.2. The molecule has 1 unspecified atom stereocenters. The van der Waals surface area contributed by atoms with Gasteiger partial charge in [0.25, 0.3) is 11.7 Å². The van der Waals surface area contributed by atoms with Gasteiger partial charge in [-0.05, 0) is 57.5 Å². The molecule has 35 heavy (non-hydrogen) atoms. The van der Waals surface area contributed by atoms with Crippen molar-refractivity contribution >= 4 is 29.1 Å². The molecule has 0 bridgehead atoms. The molecular formula is C29H37ClN2O3. The van der Waals surface area contributed by atoms with E-state index in [-0.39, 0.29) is 11.3 Å². The molecule has 0 aliphatic carbocycles. The van der Waals surface area contributed by atoms with Crippen molar-refractivity contribution in [2.45, 2.75) is 58.9 Å². The van der Waals surface area contributed by atoms with Gasteiger partial charge in [-0.2, -0.15) is 0 Å². The summed E-state index contributed by atoms with van der Waals surface area (Å²) in [5.41, 5.74) is 2.30. The van der Waals surface area contributed by atoms with Crippen molar-refractivity contribution in [2.24, 2.45) is 0 Å². The zero-order valence-corrected chi connectivity index (χ0v) is 21.9. The van der Waals surface area contributed by atoms with Crippen LogP contribution < -0.4 is 0 Å². The van der Waals surface area contributed by atoms with E-state index in [1.54, 1.807) is 23.1 Å². The highest BCUT2D eigenvalue weighted by atomic mass is 35.5. The number of rotatable bonds is 12. The van der Waals surface area contributed by atoms with Crippen LogP contribution in [0.3, 0.4) is 0 Å². The van der Waals surface area contributed by atoms with Gasteiger partial charge in [0, 0.05) is 17.1 Å². The fraction of sp³-hybridized carbons (Fsp3) is 0.448. The average molecular weight is 497 g/mol. The first-order valence-electron chi connectivity index (χ1n) is 12.7. The summed E-state index contributed by atoms with van der Waals surface area (Å²) >= 11 is 6.54. The summed E-state index contributed by atoms with van der Waals surface area (Å²) < 4.78 is 0. The second-order valence-electron chi connectivity index (χ2n) is 9.28. The molecule has 3 rings (SSSR count). The molecule has 188 valence electrons. The number of carbonyl (C=O) groups is 2. The number of nitrogens with zero attached hydrogens (tertiary/aromatic N) is 2. The van der Waals surface area contributed by atoms with Gasteiger partial charge in [0.1, 0.15) is 5.76 Å². The van der Waals surface area contributed by atoms with Gasteiger partial charge >= 0.3 is 0 Å². The van der Waals surface area contributed by atoms with Crippen LogP contribution in [-0.2, 0) is 9.59 Å². The zero-order chi connectivity index (χ0) is 25.4. The van der Waals surface area contributed by atoms with Gasteiger partial charge in [-0.3, -0.25) is 9.59 Å². The van der Waals surface area contributed by atoms with Crippen LogP contribution in [0.1, 0.15) is 68.7 Å². The highest BCUT2D eigenvalue weighted by molar-refractivity contribution is 6.47. The van der Waals surface area contributed by atoms with Crippen LogP contribution in [0.25, 0.3) is 5.76 Å². The van der Waals surface area contributed by atoms with Crippen LogP contribution in [0.2, 0.25) is 5.02 Å². The van der Waals surface area contributed by atoms with Crippen LogP contribution in [0.4, 0.5) is 0 Å². The lowest BCUT2D eigenvalue weighted by molar-refractivity contribution is -0.140. The third-order valence-corrected chi connectivity index (χ3v) is 6.94. The molecule has 1 fully saturated rings. The monoisotopic (exact) mass is 496 g/mol. The normalized spacial score (nSPS) is 17.5. The third kappa shape index (κ3) is 6.53. The number of likely N-dealkylation sites (tertiary alicyclic amines) is 1. The standard InChI is InChI=1S/C29H37ClN2O3/c1-4-6-17-31(18-7-5-2)19-10-20-32-26(23-11-8-9-12-24(23)30)25(28(34)29(32)35)27(33)22-15-13-21(3)14-16-22/h8-9,11-16,26,33H,4-7,10,17-20H2,1-3H3/b27-25-. The number of Topliss-reactive ketones (excluding diaryl/α,β-unsaturated/α-hetero) is 1. The number of aliphatic hydroxyl groups is 1. The topological polar surface area (TPSA) is 60.9 Å². The molecule has 5 nitrogen and oxygen atoms in total. The molecule has 1 heterocycles. The number of ketones is 1. The molecule has 2 aromatic carbocycles. The molecule has 1 saturated heterocycles. The smallest absolute Gasteiger partial charge is 0.295 e. The maximum absolute atomic E-state index is 13.2. The number of unbranched alkanes of at least 4 members (excludes halogenated alkanes) is 2. The van der Waals surface area contributed by atoms with Crippen molar-refractivity contribution in [2.75, 3.05) is 26.2 Å². The second-order valence-corrected chi connectivity index (χ2v) is 9.69. The van der Waals surface area contributed by atoms with E-state index in [1.165, 1.54) is 0 Å². The van der Waals surface area contributed by atoms with Crippen molar-refractivity contribution < 1.29 is 14.7 Å². The van der Waals surface area contributed by atoms with Crippen LogP contribution in [-0.4, -0.2) is 52.8 Å². The van der Waals surface area contributed by atoms with Crippen LogP contribution in [0, 0.1) is 6.92 Å². The largest absolute Gasteiger partial charge is 0.507 e. The minimum Gasteiger partial charge on any atom is -0.507 e. The fourth-order valence-electron chi connectivity index (χ4n) is 4.56. The predicted octanol–water partition coefficient (Wildman–Crippen LogP) is 6.36. The Morgan fingerprint density at radius 3 is 2.14 bits per heavy atom. The van der Waals surface area contributed by atoms with Gasteiger partial charge in [-0.1, -0.05) is 86.3 Å². The fourth-order valence-corrected chi connectivity index (χ4v) is 4.80. The van der Waals surface area contributed by atoms with Crippen molar-refractivity contribution in [1.29, 1.82) is 0 Å². The average Bonchev–Trinajstić information content (AvgIpc) is 3.10. The van der Waals surface area contributed by atoms with Crippen molar-refractivity contribution in [1.82, 2.24) is 9.80 Å². The first-order chi connectivity index (χ1) is 16.9. The maximum Gasteiger partial charge on any atom is 0.295 e. The summed E-state index contributed by atoms with van der Waals surface area (Å²) in [5, 5.41) is 11.6. The van der Waals surface area contributed by atoms with Crippen molar-refractivity contribution in [3.05, 3.63) is 75.8 Å². The quantitative estimate of drug-likeness (QED) is 0.211. The summed E-state index contributed by atoms with van der Waals surface area (Å²) in [4.78, 5) is 30.4. The highest BCUT2D eigenvalue weighted by Gasteiger charge is 2.46. The van der Waals surface area contributed by atoms with Crippen molar-refractivity contribution in [3.63, 3.8) is 0 Å². The number of aryl methyl sites for hydroxylation is 1. The minimum atomic E-state index is -0.718. The number of hydrogen-bond acceptors (Lipinski definition) is 4. The Morgan fingerprint density at radius 2 is 1.54 bits per heavy atom. The summed E-state index contributed by atoms with van der Waals surface area (Å²) in [6.07, 6.45) is 5.31. The first-order valence-corrected chi connectivity index (χ1v) is 13.1. The summed E-state index contributed by atoms with van der Waals surface area (Å²) in [6, 6.07) is 13.8. The number of hydrogen-bond donors (Lipinski definition) is 1. The number of carbonyl (C=O) groups excluding carboxylic acids is 2. The number of halogens is 1. The molecule has 2 aromatic rings. The minimum absolute atomic E-state index is 0.0979. The van der Waals surface area contributed by atoms with Crippen LogP contribution in [0.15, 0.2) is 54.1 Å². The zero-order valence-electron chi connectivity index (χ0n) is 21.1. The van der Waals surface area contributed by atoms with Crippen molar-refractivity contribution in [3.8, 4) is 0 Å². The molecule has 0 radical (unpaired) electrons. The van der Waals surface area contributed by atoms with E-state index in [0.29, 0.717) is 22.7 Å². The van der Waals surface area contributed by atoms with Gasteiger partial charge in [-0.15, -0.1) is 0 Å². The molecule has 0 spiro atoms. The Balaban J connectivity index is 1.92. The highest BCUT2D eigenvalue weighted by Crippen LogP contribution is 2.41. The predicted molar refractivity (Wildman–Crippen MR) is 143 cm³/mol. The molecule has 1 aliphatic rings. The lowest BCUT2D eigenvalue weighted by atomic mass is 9.95. The molecule has 1 amide bonds. The molecule has 0 aromatic heterocycles. The lowest BCUT2D eigenvalue weighted by Crippen LogP contribution is -2.34. The second kappa shape index (κ2) is 12.9. The number of amides is 1. The third-order valence-electron chi connectivity index (χ3n) is 6.59. The first kappa shape index (κ1) is 27.0. The van der Waals surface area contributed by atoms with E-state index < -0.39 is 17.7 Å². The molecule has 1 N–H and O–H groups in total. The Labute approximate surface area is 214 Å². The van der Waals surface area contributed by atoms with Gasteiger partial charge in [0.2, 0.25) is 0 Å². The number of aliphatic hydroxyl groups excluding tert-OH is 1. The van der Waals surface area contributed by atoms with E-state index in [9.17, 15) is 14.7 Å². The van der Waals surface area contributed by atoms with E-state index >= 15 is 0 Å². The molecule has 1 atom stereocenters. The van der Waals surface area contributed by atoms with E-state index in [2.05, 4.69) is 18.7 Å². The van der Waals surface area contributed by atoms with Gasteiger partial charge in [-0.25, -0.2) is 0 Å². The molecule has 6 heteroatoms.